The van der Waals surface area contributed by atoms with Crippen LogP contribution in [0.2, 0.25) is 5.02 Å². The molecule has 2 rings (SSSR count). The van der Waals surface area contributed by atoms with Crippen molar-refractivity contribution < 1.29 is 19.0 Å². The molecule has 162 valence electrons. The van der Waals surface area contributed by atoms with E-state index in [-0.39, 0.29) is 12.6 Å². The van der Waals surface area contributed by atoms with Gasteiger partial charge in [-0.25, -0.2) is 4.79 Å². The Labute approximate surface area is 187 Å². The van der Waals surface area contributed by atoms with Gasteiger partial charge in [-0.15, -0.1) is 0 Å². The lowest BCUT2D eigenvalue weighted by Gasteiger charge is -2.19. The molecule has 0 fully saturated rings. The van der Waals surface area contributed by atoms with Crippen molar-refractivity contribution in [3.8, 4) is 11.5 Å². The predicted molar refractivity (Wildman–Crippen MR) is 124 cm³/mol. The van der Waals surface area contributed by atoms with Crippen LogP contribution in [0.3, 0.4) is 0 Å². The summed E-state index contributed by atoms with van der Waals surface area (Å²) in [5, 5.41) is 7.03. The zero-order valence-electron chi connectivity index (χ0n) is 17.6. The van der Waals surface area contributed by atoms with Crippen molar-refractivity contribution in [1.82, 2.24) is 5.32 Å². The van der Waals surface area contributed by atoms with Gasteiger partial charge in [0.2, 0.25) is 0 Å². The molecule has 0 heterocycles. The molecule has 0 saturated heterocycles. The third-order valence-corrected chi connectivity index (χ3v) is 4.67. The number of rotatable bonds is 9. The molecule has 30 heavy (non-hydrogen) atoms. The second kappa shape index (κ2) is 11.6. The first-order chi connectivity index (χ1) is 14.4. The summed E-state index contributed by atoms with van der Waals surface area (Å²) >= 11 is 11.6. The molecule has 0 saturated carbocycles. The number of halogens is 1. The summed E-state index contributed by atoms with van der Waals surface area (Å²) in [4.78, 5) is 11.9. The molecule has 8 heteroatoms. The molecule has 0 bridgehead atoms. The summed E-state index contributed by atoms with van der Waals surface area (Å²) in [6.07, 6.45) is 0. The number of esters is 1. The molecule has 0 aromatic heterocycles. The Morgan fingerprint density at radius 2 is 1.73 bits per heavy atom. The Kier molecular flexibility index (Phi) is 9.20. The number of carbonyl (C=O) groups is 1. The van der Waals surface area contributed by atoms with Gasteiger partial charge in [-0.1, -0.05) is 17.7 Å². The van der Waals surface area contributed by atoms with Crippen molar-refractivity contribution in [1.29, 1.82) is 0 Å². The fourth-order valence-electron chi connectivity index (χ4n) is 2.75. The lowest BCUT2D eigenvalue weighted by Crippen LogP contribution is -2.31. The van der Waals surface area contributed by atoms with E-state index in [2.05, 4.69) is 10.6 Å². The van der Waals surface area contributed by atoms with E-state index >= 15 is 0 Å². The highest BCUT2D eigenvalue weighted by Crippen LogP contribution is 2.31. The summed E-state index contributed by atoms with van der Waals surface area (Å²) < 4.78 is 16.3. The van der Waals surface area contributed by atoms with Gasteiger partial charge < -0.3 is 24.8 Å². The van der Waals surface area contributed by atoms with E-state index in [9.17, 15) is 4.79 Å². The maximum absolute atomic E-state index is 11.9. The van der Waals surface area contributed by atoms with Crippen molar-refractivity contribution in [2.45, 2.75) is 33.7 Å². The van der Waals surface area contributed by atoms with Crippen LogP contribution in [-0.4, -0.2) is 30.9 Å². The van der Waals surface area contributed by atoms with Crippen LogP contribution in [0.25, 0.3) is 0 Å². The van der Waals surface area contributed by atoms with Crippen LogP contribution in [0.5, 0.6) is 11.5 Å². The number of hydrogen-bond acceptors (Lipinski definition) is 5. The second-order valence-electron chi connectivity index (χ2n) is 6.31. The van der Waals surface area contributed by atoms with Crippen LogP contribution in [0.15, 0.2) is 36.4 Å². The molecule has 0 aliphatic rings. The minimum atomic E-state index is -0.455. The van der Waals surface area contributed by atoms with Crippen LogP contribution in [-0.2, 0) is 4.74 Å². The van der Waals surface area contributed by atoms with Gasteiger partial charge >= 0.3 is 5.97 Å². The molecule has 6 nitrogen and oxygen atoms in total. The average Bonchev–Trinajstić information content (AvgIpc) is 2.69. The van der Waals surface area contributed by atoms with Crippen molar-refractivity contribution >= 4 is 40.6 Å². The summed E-state index contributed by atoms with van der Waals surface area (Å²) in [5.41, 5.74) is 1.98. The van der Waals surface area contributed by atoms with Crippen molar-refractivity contribution in [2.75, 3.05) is 25.1 Å². The molecule has 2 aromatic carbocycles. The third-order valence-electron chi connectivity index (χ3n) is 4.14. The Morgan fingerprint density at radius 3 is 2.37 bits per heavy atom. The monoisotopic (exact) mass is 450 g/mol. The lowest BCUT2D eigenvalue weighted by molar-refractivity contribution is 0.0526. The molecule has 0 spiro atoms. The second-order valence-corrected chi connectivity index (χ2v) is 7.12. The highest BCUT2D eigenvalue weighted by atomic mass is 35.5. The Balaban J connectivity index is 2.04. The van der Waals surface area contributed by atoms with Crippen molar-refractivity contribution in [2.24, 2.45) is 0 Å². The van der Waals surface area contributed by atoms with Crippen molar-refractivity contribution in [3.63, 3.8) is 0 Å². The number of anilines is 1. The zero-order valence-corrected chi connectivity index (χ0v) is 19.2. The fourth-order valence-corrected chi connectivity index (χ4v) is 3.30. The van der Waals surface area contributed by atoms with E-state index in [0.717, 1.165) is 5.56 Å². The van der Waals surface area contributed by atoms with Gasteiger partial charge in [0.05, 0.1) is 36.4 Å². The number of nitrogens with one attached hydrogen (secondary N) is 2. The quantitative estimate of drug-likeness (QED) is 0.393. The summed E-state index contributed by atoms with van der Waals surface area (Å²) in [6.45, 7) is 9.01. The van der Waals surface area contributed by atoms with E-state index in [1.807, 2.05) is 39.0 Å². The summed E-state index contributed by atoms with van der Waals surface area (Å²) in [6, 6.07) is 10.7. The molecular weight excluding hydrogens is 424 g/mol. The van der Waals surface area contributed by atoms with Gasteiger partial charge in [0.25, 0.3) is 0 Å². The van der Waals surface area contributed by atoms with E-state index < -0.39 is 5.97 Å². The first kappa shape index (κ1) is 23.8. The first-order valence-electron chi connectivity index (χ1n) is 9.83. The Morgan fingerprint density at radius 1 is 1.03 bits per heavy atom. The number of ether oxygens (including phenoxy) is 3. The largest absolute Gasteiger partial charge is 0.490 e. The molecule has 0 aliphatic carbocycles. The van der Waals surface area contributed by atoms with E-state index in [4.69, 9.17) is 38.0 Å². The predicted octanol–water partition coefficient (Wildman–Crippen LogP) is 5.36. The van der Waals surface area contributed by atoms with E-state index in [1.165, 1.54) is 0 Å². The van der Waals surface area contributed by atoms with Crippen LogP contribution in [0.4, 0.5) is 5.69 Å². The lowest BCUT2D eigenvalue weighted by atomic mass is 10.1. The Hall–Kier alpha value is -2.51. The number of hydrogen-bond donors (Lipinski definition) is 2. The molecular formula is C22H27ClN2O4S. The van der Waals surface area contributed by atoms with Gasteiger partial charge in [0.1, 0.15) is 0 Å². The standard InChI is InChI=1S/C22H27ClN2O4S/c1-5-27-19-11-8-15(12-20(19)28-6-2)14(4)24-22(30)25-16-9-10-17(18(23)13-16)21(26)29-7-3/h8-14H,5-7H2,1-4H3,(H2,24,25,30)/t14-/m0/s1. The zero-order chi connectivity index (χ0) is 22.1. The molecule has 1 atom stereocenters. The SMILES string of the molecule is CCOC(=O)c1ccc(NC(=S)N[C@@H](C)c2ccc(OCC)c(OCC)c2)cc1Cl. The van der Waals surface area contributed by atoms with Gasteiger partial charge in [0.15, 0.2) is 16.6 Å². The maximum Gasteiger partial charge on any atom is 0.339 e. The third kappa shape index (κ3) is 6.50. The van der Waals surface area contributed by atoms with Gasteiger partial charge in [-0.05, 0) is 75.8 Å². The molecule has 0 amide bonds. The molecule has 2 aromatic rings. The van der Waals surface area contributed by atoms with Gasteiger partial charge in [0, 0.05) is 5.69 Å². The first-order valence-corrected chi connectivity index (χ1v) is 10.6. The van der Waals surface area contributed by atoms with Gasteiger partial charge in [-0.3, -0.25) is 0 Å². The average molecular weight is 451 g/mol. The van der Waals surface area contributed by atoms with E-state index in [0.29, 0.717) is 46.1 Å². The maximum atomic E-state index is 11.9. The Bertz CT molecular complexity index is 891. The normalized spacial score (nSPS) is 11.4. The minimum Gasteiger partial charge on any atom is -0.490 e. The fraction of sp³-hybridized carbons (Fsp3) is 0.364. The highest BCUT2D eigenvalue weighted by Gasteiger charge is 2.14. The van der Waals surface area contributed by atoms with Crippen LogP contribution in [0, 0.1) is 0 Å². The van der Waals surface area contributed by atoms with Gasteiger partial charge in [-0.2, -0.15) is 0 Å². The van der Waals surface area contributed by atoms with Crippen LogP contribution >= 0.6 is 23.8 Å². The van der Waals surface area contributed by atoms with Crippen molar-refractivity contribution in [3.05, 3.63) is 52.5 Å². The summed E-state index contributed by atoms with van der Waals surface area (Å²) in [5.74, 6) is 0.960. The van der Waals surface area contributed by atoms with Crippen LogP contribution in [0.1, 0.15) is 49.7 Å². The number of benzene rings is 2. The van der Waals surface area contributed by atoms with E-state index in [1.54, 1.807) is 25.1 Å². The van der Waals surface area contributed by atoms with Crippen LogP contribution < -0.4 is 20.1 Å². The number of carbonyl (C=O) groups excluding carboxylic acids is 1. The topological polar surface area (TPSA) is 68.8 Å². The smallest absolute Gasteiger partial charge is 0.339 e. The highest BCUT2D eigenvalue weighted by molar-refractivity contribution is 7.80. The molecule has 0 radical (unpaired) electrons. The number of thiocarbonyl (C=S) groups is 1. The summed E-state index contributed by atoms with van der Waals surface area (Å²) in [7, 11) is 0. The molecule has 0 unspecified atom stereocenters. The minimum absolute atomic E-state index is 0.0749. The molecule has 0 aliphatic heterocycles. The molecule has 2 N–H and O–H groups in total.